The van der Waals surface area contributed by atoms with Gasteiger partial charge >= 0.3 is 0 Å². The molecule has 0 saturated heterocycles. The van der Waals surface area contributed by atoms with E-state index in [4.69, 9.17) is 0 Å². The maximum Gasteiger partial charge on any atom is 0.242 e. The molecular formula is C15H26N4O2S. The van der Waals surface area contributed by atoms with Crippen LogP contribution in [0.15, 0.2) is 34.2 Å². The first kappa shape index (κ1) is 18.4. The smallest absolute Gasteiger partial charge is 0.242 e. The van der Waals surface area contributed by atoms with Gasteiger partial charge in [-0.1, -0.05) is 19.1 Å². The number of nitrogens with zero attached hydrogens (tertiary/aromatic N) is 2. The summed E-state index contributed by atoms with van der Waals surface area (Å²) in [4.78, 5) is 4.46. The summed E-state index contributed by atoms with van der Waals surface area (Å²) < 4.78 is 25.2. The molecule has 0 aliphatic rings. The normalized spacial score (nSPS) is 14.0. The zero-order chi connectivity index (χ0) is 16.8. The summed E-state index contributed by atoms with van der Waals surface area (Å²) >= 11 is 0. The third-order valence-corrected chi connectivity index (χ3v) is 5.21. The Morgan fingerprint density at radius 1 is 1.27 bits per heavy atom. The minimum Gasteiger partial charge on any atom is -0.354 e. The SMILES string of the molecule is CCC(C)NC(=NC)NCc1ccc(S(=O)(=O)N(C)C)cc1. The number of guanidine groups is 1. The second kappa shape index (κ2) is 8.14. The van der Waals surface area contributed by atoms with E-state index in [0.29, 0.717) is 17.5 Å². The molecule has 0 fully saturated rings. The number of benzene rings is 1. The molecule has 1 aromatic carbocycles. The van der Waals surface area contributed by atoms with Crippen molar-refractivity contribution in [3.63, 3.8) is 0 Å². The topological polar surface area (TPSA) is 73.8 Å². The van der Waals surface area contributed by atoms with E-state index >= 15 is 0 Å². The van der Waals surface area contributed by atoms with Crippen LogP contribution in [0.3, 0.4) is 0 Å². The van der Waals surface area contributed by atoms with Gasteiger partial charge in [0.1, 0.15) is 0 Å². The molecule has 2 N–H and O–H groups in total. The molecule has 0 aliphatic heterocycles. The quantitative estimate of drug-likeness (QED) is 0.612. The first-order valence-electron chi connectivity index (χ1n) is 7.30. The van der Waals surface area contributed by atoms with Crippen LogP contribution in [0.2, 0.25) is 0 Å². The van der Waals surface area contributed by atoms with Crippen molar-refractivity contribution in [3.05, 3.63) is 29.8 Å². The van der Waals surface area contributed by atoms with E-state index in [2.05, 4.69) is 29.5 Å². The minimum atomic E-state index is -3.37. The van der Waals surface area contributed by atoms with Crippen molar-refractivity contribution in [1.29, 1.82) is 0 Å². The van der Waals surface area contributed by atoms with Crippen molar-refractivity contribution in [1.82, 2.24) is 14.9 Å². The van der Waals surface area contributed by atoms with Gasteiger partial charge < -0.3 is 10.6 Å². The summed E-state index contributed by atoms with van der Waals surface area (Å²) in [5.41, 5.74) is 0.991. The van der Waals surface area contributed by atoms with Crippen LogP contribution in [0.25, 0.3) is 0 Å². The van der Waals surface area contributed by atoms with Crippen molar-refractivity contribution in [2.45, 2.75) is 37.8 Å². The van der Waals surface area contributed by atoms with Crippen LogP contribution in [-0.4, -0.2) is 45.9 Å². The van der Waals surface area contributed by atoms with Crippen LogP contribution in [0.4, 0.5) is 0 Å². The predicted molar refractivity (Wildman–Crippen MR) is 90.4 cm³/mol. The summed E-state index contributed by atoms with van der Waals surface area (Å²) in [7, 11) is 1.40. The molecule has 0 bridgehead atoms. The first-order valence-corrected chi connectivity index (χ1v) is 8.74. The number of aliphatic imine (C=N–C) groups is 1. The van der Waals surface area contributed by atoms with Gasteiger partial charge in [-0.2, -0.15) is 0 Å². The Labute approximate surface area is 133 Å². The molecule has 0 aliphatic carbocycles. The van der Waals surface area contributed by atoms with Crippen LogP contribution < -0.4 is 10.6 Å². The summed E-state index contributed by atoms with van der Waals surface area (Å²) in [6.07, 6.45) is 1.01. The van der Waals surface area contributed by atoms with Crippen LogP contribution in [0, 0.1) is 0 Å². The monoisotopic (exact) mass is 326 g/mol. The highest BCUT2D eigenvalue weighted by Gasteiger charge is 2.16. The van der Waals surface area contributed by atoms with Gasteiger partial charge in [-0.3, -0.25) is 4.99 Å². The Morgan fingerprint density at radius 3 is 2.32 bits per heavy atom. The molecule has 1 atom stereocenters. The molecule has 0 heterocycles. The summed E-state index contributed by atoms with van der Waals surface area (Å²) in [5, 5.41) is 6.48. The second-order valence-corrected chi connectivity index (χ2v) is 7.46. The minimum absolute atomic E-state index is 0.295. The molecule has 1 aromatic rings. The van der Waals surface area contributed by atoms with Crippen molar-refractivity contribution in [3.8, 4) is 0 Å². The third kappa shape index (κ3) is 4.99. The Bertz CT molecular complexity index is 594. The number of rotatable bonds is 6. The number of sulfonamides is 1. The first-order chi connectivity index (χ1) is 10.3. The zero-order valence-corrected chi connectivity index (χ0v) is 14.7. The molecule has 0 spiro atoms. The summed E-state index contributed by atoms with van der Waals surface area (Å²) in [6.45, 7) is 4.78. The van der Waals surface area contributed by atoms with E-state index < -0.39 is 10.0 Å². The highest BCUT2D eigenvalue weighted by Crippen LogP contribution is 2.13. The molecule has 0 aromatic heterocycles. The molecular weight excluding hydrogens is 300 g/mol. The van der Waals surface area contributed by atoms with Crippen molar-refractivity contribution in [2.24, 2.45) is 4.99 Å². The maximum atomic E-state index is 12.0. The Kier molecular flexibility index (Phi) is 6.83. The zero-order valence-electron chi connectivity index (χ0n) is 13.9. The lowest BCUT2D eigenvalue weighted by molar-refractivity contribution is 0.520. The Morgan fingerprint density at radius 2 is 1.86 bits per heavy atom. The van der Waals surface area contributed by atoms with Gasteiger partial charge in [-0.15, -0.1) is 0 Å². The summed E-state index contributed by atoms with van der Waals surface area (Å²) in [6, 6.07) is 7.20. The lowest BCUT2D eigenvalue weighted by Crippen LogP contribution is -2.41. The fraction of sp³-hybridized carbons (Fsp3) is 0.533. The molecule has 7 heteroatoms. The van der Waals surface area contributed by atoms with Crippen LogP contribution in [-0.2, 0) is 16.6 Å². The number of hydrogen-bond acceptors (Lipinski definition) is 3. The van der Waals surface area contributed by atoms with Crippen LogP contribution in [0.1, 0.15) is 25.8 Å². The molecule has 0 amide bonds. The molecule has 1 unspecified atom stereocenters. The van der Waals surface area contributed by atoms with E-state index in [0.717, 1.165) is 17.9 Å². The number of nitrogens with one attached hydrogen (secondary N) is 2. The predicted octanol–water partition coefficient (Wildman–Crippen LogP) is 1.40. The van der Waals surface area contributed by atoms with Gasteiger partial charge in [0.2, 0.25) is 10.0 Å². The van der Waals surface area contributed by atoms with Gasteiger partial charge in [0, 0.05) is 33.7 Å². The maximum absolute atomic E-state index is 12.0. The molecule has 22 heavy (non-hydrogen) atoms. The van der Waals surface area contributed by atoms with E-state index in [9.17, 15) is 8.42 Å². The van der Waals surface area contributed by atoms with Gasteiger partial charge in [-0.25, -0.2) is 12.7 Å². The average Bonchev–Trinajstić information content (AvgIpc) is 2.51. The highest BCUT2D eigenvalue weighted by molar-refractivity contribution is 7.89. The van der Waals surface area contributed by atoms with Gasteiger partial charge in [0.25, 0.3) is 0 Å². The average molecular weight is 326 g/mol. The Hall–Kier alpha value is -1.60. The number of hydrogen-bond donors (Lipinski definition) is 2. The highest BCUT2D eigenvalue weighted by atomic mass is 32.2. The van der Waals surface area contributed by atoms with Crippen LogP contribution in [0.5, 0.6) is 0 Å². The fourth-order valence-corrected chi connectivity index (χ4v) is 2.61. The van der Waals surface area contributed by atoms with Gasteiger partial charge in [0.15, 0.2) is 5.96 Å². The van der Waals surface area contributed by atoms with Gasteiger partial charge in [-0.05, 0) is 31.0 Å². The second-order valence-electron chi connectivity index (χ2n) is 5.31. The fourth-order valence-electron chi connectivity index (χ4n) is 1.71. The third-order valence-electron chi connectivity index (χ3n) is 3.38. The van der Waals surface area contributed by atoms with Crippen molar-refractivity contribution < 1.29 is 8.42 Å². The molecule has 0 saturated carbocycles. The molecule has 0 radical (unpaired) electrons. The van der Waals surface area contributed by atoms with Crippen LogP contribution >= 0.6 is 0 Å². The van der Waals surface area contributed by atoms with Crippen molar-refractivity contribution in [2.75, 3.05) is 21.1 Å². The van der Waals surface area contributed by atoms with E-state index in [1.807, 2.05) is 0 Å². The standard InChI is InChI=1S/C15H26N4O2S/c1-6-12(2)18-15(16-3)17-11-13-7-9-14(10-8-13)22(20,21)19(4)5/h7-10,12H,6,11H2,1-5H3,(H2,16,17,18). The largest absolute Gasteiger partial charge is 0.354 e. The molecule has 6 nitrogen and oxygen atoms in total. The van der Waals surface area contributed by atoms with E-state index in [1.165, 1.54) is 18.4 Å². The lowest BCUT2D eigenvalue weighted by atomic mass is 10.2. The van der Waals surface area contributed by atoms with Gasteiger partial charge in [0.05, 0.1) is 4.90 Å². The Balaban J connectivity index is 2.69. The van der Waals surface area contributed by atoms with Crippen molar-refractivity contribution >= 4 is 16.0 Å². The lowest BCUT2D eigenvalue weighted by Gasteiger charge is -2.16. The molecule has 124 valence electrons. The summed E-state index contributed by atoms with van der Waals surface area (Å²) in [5.74, 6) is 0.735. The molecule has 1 rings (SSSR count). The van der Waals surface area contributed by atoms with E-state index in [-0.39, 0.29) is 0 Å². The van der Waals surface area contributed by atoms with E-state index in [1.54, 1.807) is 31.3 Å².